The molecular formula is C71H125N2O7P. The zero-order valence-corrected chi connectivity index (χ0v) is 54.1. The first-order valence-electron chi connectivity index (χ1n) is 33.2. The van der Waals surface area contributed by atoms with Crippen LogP contribution in [0.25, 0.3) is 0 Å². The lowest BCUT2D eigenvalue weighted by Gasteiger charge is -2.30. The van der Waals surface area contributed by atoms with Crippen LogP contribution >= 0.6 is 7.82 Å². The molecule has 0 saturated heterocycles. The number of rotatable bonds is 59. The topological polar surface area (TPSA) is 114 Å². The van der Waals surface area contributed by atoms with E-state index in [9.17, 15) is 19.0 Å². The predicted octanol–water partition coefficient (Wildman–Crippen LogP) is 20.3. The summed E-state index contributed by atoms with van der Waals surface area (Å²) >= 11 is 0. The molecule has 0 bridgehead atoms. The molecule has 1 amide bonds. The number of carbonyl (C=O) groups excluding carboxylic acids is 2. The van der Waals surface area contributed by atoms with Gasteiger partial charge in [-0.1, -0.05) is 259 Å². The molecule has 0 heterocycles. The third-order valence-electron chi connectivity index (χ3n) is 14.2. The van der Waals surface area contributed by atoms with Crippen LogP contribution in [-0.4, -0.2) is 69.4 Å². The second kappa shape index (κ2) is 59.8. The molecule has 0 aliphatic heterocycles. The van der Waals surface area contributed by atoms with Gasteiger partial charge in [-0.3, -0.25) is 14.2 Å². The maximum absolute atomic E-state index is 13.6. The Hall–Kier alpha value is -3.33. The average Bonchev–Trinajstić information content (AvgIpc) is 3.44. The number of carbonyl (C=O) groups is 2. The van der Waals surface area contributed by atoms with Crippen molar-refractivity contribution in [3.63, 3.8) is 0 Å². The summed E-state index contributed by atoms with van der Waals surface area (Å²) in [6.45, 7) is 6.69. The number of phosphoric ester groups is 1. The highest BCUT2D eigenvalue weighted by Crippen LogP contribution is 2.38. The number of quaternary nitrogens is 1. The lowest BCUT2D eigenvalue weighted by molar-refractivity contribution is -0.870. The van der Waals surface area contributed by atoms with E-state index in [1.54, 1.807) is 0 Å². The molecule has 0 aromatic heterocycles. The van der Waals surface area contributed by atoms with Gasteiger partial charge < -0.3 is 28.5 Å². The molecule has 0 aromatic carbocycles. The van der Waals surface area contributed by atoms with E-state index in [-0.39, 0.29) is 24.9 Å². The fraction of sp³-hybridized carbons (Fsp3) is 0.718. The number of hydrogen-bond acceptors (Lipinski definition) is 7. The molecule has 0 aliphatic carbocycles. The largest absolute Gasteiger partial charge is 0.756 e. The molecule has 0 aliphatic rings. The van der Waals surface area contributed by atoms with Crippen molar-refractivity contribution in [2.45, 2.75) is 290 Å². The van der Waals surface area contributed by atoms with E-state index in [4.69, 9.17) is 13.8 Å². The van der Waals surface area contributed by atoms with E-state index < -0.39 is 26.6 Å². The predicted molar refractivity (Wildman–Crippen MR) is 348 cm³/mol. The van der Waals surface area contributed by atoms with Gasteiger partial charge in [0.15, 0.2) is 0 Å². The summed E-state index contributed by atoms with van der Waals surface area (Å²) < 4.78 is 30.4. The summed E-state index contributed by atoms with van der Waals surface area (Å²) in [6.07, 6.45) is 81.9. The van der Waals surface area contributed by atoms with Gasteiger partial charge in [-0.05, 0) is 115 Å². The lowest BCUT2D eigenvalue weighted by atomic mass is 10.0. The number of likely N-dealkylation sites (N-methyl/N-ethyl adjacent to an activating group) is 1. The molecule has 10 heteroatoms. The monoisotopic (exact) mass is 1150 g/mol. The van der Waals surface area contributed by atoms with Crippen LogP contribution in [0.3, 0.4) is 0 Å². The Balaban J connectivity index is 5.28. The molecular weight excluding hydrogens is 1020 g/mol. The molecule has 81 heavy (non-hydrogen) atoms. The molecule has 3 unspecified atom stereocenters. The van der Waals surface area contributed by atoms with E-state index in [0.29, 0.717) is 23.9 Å². The zero-order chi connectivity index (χ0) is 59.3. The summed E-state index contributed by atoms with van der Waals surface area (Å²) in [6, 6.07) is -0.909. The van der Waals surface area contributed by atoms with Crippen LogP contribution in [0.4, 0.5) is 0 Å². The first kappa shape index (κ1) is 77.7. The van der Waals surface area contributed by atoms with E-state index in [0.717, 1.165) is 122 Å². The Morgan fingerprint density at radius 2 is 0.790 bits per heavy atom. The molecule has 3 atom stereocenters. The Bertz CT molecular complexity index is 1750. The normalized spacial score (nSPS) is 14.3. The van der Waals surface area contributed by atoms with Crippen LogP contribution in [0.2, 0.25) is 0 Å². The van der Waals surface area contributed by atoms with Gasteiger partial charge in [0.25, 0.3) is 7.82 Å². The number of allylic oxidation sites excluding steroid dienone is 17. The molecule has 0 aromatic rings. The molecule has 0 spiro atoms. The molecule has 0 radical (unpaired) electrons. The minimum Gasteiger partial charge on any atom is -0.756 e. The second-order valence-corrected chi connectivity index (χ2v) is 24.6. The van der Waals surface area contributed by atoms with Gasteiger partial charge in [0.1, 0.15) is 19.3 Å². The summed E-state index contributed by atoms with van der Waals surface area (Å²) in [5.74, 6) is -0.576. The first-order valence-corrected chi connectivity index (χ1v) is 34.7. The molecule has 9 nitrogen and oxygen atoms in total. The highest BCUT2D eigenvalue weighted by atomic mass is 31.2. The summed E-state index contributed by atoms with van der Waals surface area (Å²) in [5, 5.41) is 3.03. The van der Waals surface area contributed by atoms with Crippen LogP contribution in [0.1, 0.15) is 278 Å². The first-order chi connectivity index (χ1) is 39.4. The van der Waals surface area contributed by atoms with Crippen LogP contribution in [0.5, 0.6) is 0 Å². The number of phosphoric acid groups is 1. The fourth-order valence-electron chi connectivity index (χ4n) is 9.08. The summed E-state index contributed by atoms with van der Waals surface area (Å²) in [7, 11) is 1.16. The van der Waals surface area contributed by atoms with Gasteiger partial charge in [0, 0.05) is 12.8 Å². The van der Waals surface area contributed by atoms with Crippen molar-refractivity contribution in [1.82, 2.24) is 5.32 Å². The number of ether oxygens (including phenoxy) is 1. The molecule has 466 valence electrons. The van der Waals surface area contributed by atoms with Crippen molar-refractivity contribution in [3.8, 4) is 0 Å². The standard InChI is InChI=1S/C71H125N2O7P/c1-7-10-13-16-19-22-25-28-30-32-34-35-36-37-39-41-43-46-49-52-55-58-61-64-71(75)80-69(62-59-56-53-50-47-44-27-24-21-18-15-12-9-3)68(67-79-81(76,77)78-66-65-73(4,5)6)72-70(74)63-60-57-54-51-48-45-42-40-38-33-31-29-26-23-20-17-14-11-8-2/h10,13,19-20,22-23,28-31,34-35,37,39,43,46,59,62,68-69H,7-9,11-12,14-18,21,24-27,32-33,36,38,40-42,44-45,47-58,60-61,63-67H2,1-6H3,(H-,72,74,76,77)/b13-10-,22-19-,23-20-,30-28-,31-29-,35-34-,39-37-,46-43-,62-59+. The summed E-state index contributed by atoms with van der Waals surface area (Å²) in [4.78, 5) is 40.1. The van der Waals surface area contributed by atoms with E-state index in [2.05, 4.69) is 123 Å². The lowest BCUT2D eigenvalue weighted by Crippen LogP contribution is -2.47. The van der Waals surface area contributed by atoms with Gasteiger partial charge in [-0.25, -0.2) is 0 Å². The molecule has 1 N–H and O–H groups in total. The van der Waals surface area contributed by atoms with Crippen LogP contribution in [0.15, 0.2) is 109 Å². The summed E-state index contributed by atoms with van der Waals surface area (Å²) in [5.41, 5.74) is 0. The minimum atomic E-state index is -4.72. The van der Waals surface area contributed by atoms with E-state index >= 15 is 0 Å². The Morgan fingerprint density at radius 3 is 1.21 bits per heavy atom. The van der Waals surface area contributed by atoms with Gasteiger partial charge in [-0.15, -0.1) is 0 Å². The van der Waals surface area contributed by atoms with Crippen molar-refractivity contribution in [3.05, 3.63) is 109 Å². The minimum absolute atomic E-state index is 0.0326. The maximum atomic E-state index is 13.6. The second-order valence-electron chi connectivity index (χ2n) is 23.2. The van der Waals surface area contributed by atoms with Crippen molar-refractivity contribution < 1.29 is 37.3 Å². The third kappa shape index (κ3) is 61.1. The van der Waals surface area contributed by atoms with Gasteiger partial charge in [0.2, 0.25) is 5.91 Å². The Labute approximate surface area is 500 Å². The third-order valence-corrected chi connectivity index (χ3v) is 15.2. The number of hydrogen-bond donors (Lipinski definition) is 1. The number of nitrogens with one attached hydrogen (secondary N) is 1. The van der Waals surface area contributed by atoms with E-state index in [1.807, 2.05) is 33.3 Å². The number of unbranched alkanes of at least 4 members (excludes halogenated alkanes) is 27. The number of nitrogens with zero attached hydrogens (tertiary/aromatic N) is 1. The van der Waals surface area contributed by atoms with Gasteiger partial charge in [0.05, 0.1) is 33.8 Å². The number of esters is 1. The van der Waals surface area contributed by atoms with Crippen LogP contribution in [0, 0.1) is 0 Å². The van der Waals surface area contributed by atoms with Crippen molar-refractivity contribution >= 4 is 19.7 Å². The van der Waals surface area contributed by atoms with Crippen molar-refractivity contribution in [2.75, 3.05) is 40.9 Å². The molecule has 0 fully saturated rings. The quantitative estimate of drug-likeness (QED) is 0.0212. The number of amides is 1. The highest BCUT2D eigenvalue weighted by molar-refractivity contribution is 7.45. The van der Waals surface area contributed by atoms with E-state index in [1.165, 1.54) is 116 Å². The molecule has 0 rings (SSSR count). The van der Waals surface area contributed by atoms with Crippen LogP contribution in [-0.2, 0) is 27.9 Å². The van der Waals surface area contributed by atoms with Crippen molar-refractivity contribution in [2.24, 2.45) is 0 Å². The maximum Gasteiger partial charge on any atom is 0.306 e. The van der Waals surface area contributed by atoms with Crippen LogP contribution < -0.4 is 10.2 Å². The van der Waals surface area contributed by atoms with Crippen molar-refractivity contribution in [1.29, 1.82) is 0 Å². The van der Waals surface area contributed by atoms with Gasteiger partial charge >= 0.3 is 5.97 Å². The SMILES string of the molecule is CC/C=C\C/C=C\C/C=C\C/C=C\C/C=C\C/C=C\CCCCCCC(=O)OC(/C=C/CCCCCCCCCCCCC)C(COP(=O)([O-])OCC[N+](C)(C)C)NC(=O)CCCCCCCCCCC/C=C\C/C=C\CCCCC. The smallest absolute Gasteiger partial charge is 0.306 e. The Kier molecular flexibility index (Phi) is 57.4. The average molecular weight is 1150 g/mol. The highest BCUT2D eigenvalue weighted by Gasteiger charge is 2.27. The Morgan fingerprint density at radius 1 is 0.444 bits per heavy atom. The fourth-order valence-corrected chi connectivity index (χ4v) is 9.81. The van der Waals surface area contributed by atoms with Gasteiger partial charge in [-0.2, -0.15) is 0 Å². The zero-order valence-electron chi connectivity index (χ0n) is 53.2. The molecule has 0 saturated carbocycles.